The van der Waals surface area contributed by atoms with Gasteiger partial charge in [0.1, 0.15) is 11.5 Å². The number of hydrogen-bond donors (Lipinski definition) is 2. The highest BCUT2D eigenvalue weighted by Crippen LogP contribution is 2.50. The van der Waals surface area contributed by atoms with E-state index in [1.807, 2.05) is 43.3 Å². The number of fused-ring (bicyclic) bond motifs is 1. The fourth-order valence-electron chi connectivity index (χ4n) is 3.84. The number of carbonyl (C=O) groups is 2. The van der Waals surface area contributed by atoms with E-state index in [1.54, 1.807) is 6.07 Å². The van der Waals surface area contributed by atoms with E-state index in [9.17, 15) is 14.7 Å². The number of anilines is 1. The number of benzene rings is 2. The van der Waals surface area contributed by atoms with Crippen LogP contribution in [0.15, 0.2) is 42.5 Å². The van der Waals surface area contributed by atoms with Crippen molar-refractivity contribution in [2.45, 2.75) is 19.3 Å². The maximum absolute atomic E-state index is 12.7. The minimum absolute atomic E-state index is 0.110. The Kier molecular flexibility index (Phi) is 5.89. The molecule has 0 unspecified atom stereocenters. The molecule has 2 N–H and O–H groups in total. The summed E-state index contributed by atoms with van der Waals surface area (Å²) in [6, 6.07) is 13.0. The van der Waals surface area contributed by atoms with Gasteiger partial charge in [-0.05, 0) is 30.2 Å². The van der Waals surface area contributed by atoms with Crippen LogP contribution in [0.4, 0.5) is 5.69 Å². The standard InChI is InChI=1S/C25H21NO5S/c1-4-11-31-18-10-9-16(12-19(18)30-3)17-13-20(27)26-22-21(15-7-5-14(2)6-8-15)24(25(28)29)32-23(17)22/h1,5-10,12,17H,11,13H2,2-3H3,(H,26,27)(H,28,29)/t17-/m1/s1. The number of rotatable bonds is 6. The van der Waals surface area contributed by atoms with E-state index in [-0.39, 0.29) is 29.7 Å². The molecule has 0 bridgehead atoms. The summed E-state index contributed by atoms with van der Waals surface area (Å²) < 4.78 is 11.0. The molecule has 6 nitrogen and oxygen atoms in total. The molecule has 0 fully saturated rings. The fraction of sp³-hybridized carbons (Fsp3) is 0.200. The van der Waals surface area contributed by atoms with Crippen molar-refractivity contribution in [1.82, 2.24) is 0 Å². The summed E-state index contributed by atoms with van der Waals surface area (Å²) in [5, 5.41) is 12.8. The molecule has 7 heteroatoms. The molecule has 1 aliphatic rings. The molecule has 0 spiro atoms. The molecule has 0 aliphatic carbocycles. The van der Waals surface area contributed by atoms with Crippen molar-refractivity contribution in [2.75, 3.05) is 19.0 Å². The molecule has 3 aromatic rings. The van der Waals surface area contributed by atoms with E-state index in [1.165, 1.54) is 18.4 Å². The Morgan fingerprint density at radius 2 is 2.00 bits per heavy atom. The first-order valence-corrected chi connectivity index (χ1v) is 10.8. The van der Waals surface area contributed by atoms with Crippen LogP contribution in [0.25, 0.3) is 11.1 Å². The Labute approximate surface area is 189 Å². The van der Waals surface area contributed by atoms with Gasteiger partial charge in [-0.1, -0.05) is 41.8 Å². The van der Waals surface area contributed by atoms with Gasteiger partial charge >= 0.3 is 5.97 Å². The zero-order chi connectivity index (χ0) is 22.8. The van der Waals surface area contributed by atoms with Gasteiger partial charge in [-0.15, -0.1) is 17.8 Å². The van der Waals surface area contributed by atoms with Gasteiger partial charge in [-0.3, -0.25) is 4.79 Å². The minimum atomic E-state index is -1.02. The molecule has 1 aromatic heterocycles. The van der Waals surface area contributed by atoms with Crippen molar-refractivity contribution in [2.24, 2.45) is 0 Å². The highest BCUT2D eigenvalue weighted by molar-refractivity contribution is 7.15. The first kappa shape index (κ1) is 21.5. The van der Waals surface area contributed by atoms with Crippen molar-refractivity contribution < 1.29 is 24.2 Å². The van der Waals surface area contributed by atoms with Crippen LogP contribution in [0.2, 0.25) is 0 Å². The second kappa shape index (κ2) is 8.77. The highest BCUT2D eigenvalue weighted by Gasteiger charge is 2.34. The summed E-state index contributed by atoms with van der Waals surface area (Å²) in [5.74, 6) is 1.92. The zero-order valence-corrected chi connectivity index (χ0v) is 18.4. The summed E-state index contributed by atoms with van der Waals surface area (Å²) in [5.41, 5.74) is 3.75. The third-order valence-corrected chi connectivity index (χ3v) is 6.63. The largest absolute Gasteiger partial charge is 0.493 e. The third kappa shape index (κ3) is 3.93. The molecule has 162 valence electrons. The molecular formula is C25H21NO5S. The summed E-state index contributed by atoms with van der Waals surface area (Å²) in [6.07, 6.45) is 5.48. The van der Waals surface area contributed by atoms with Crippen LogP contribution in [-0.2, 0) is 4.79 Å². The second-order valence-electron chi connectivity index (χ2n) is 7.42. The van der Waals surface area contributed by atoms with E-state index in [2.05, 4.69) is 11.2 Å². The topological polar surface area (TPSA) is 84.9 Å². The van der Waals surface area contributed by atoms with Crippen LogP contribution >= 0.6 is 11.3 Å². The molecule has 2 heterocycles. The number of methoxy groups -OCH3 is 1. The van der Waals surface area contributed by atoms with Gasteiger partial charge in [-0.2, -0.15) is 0 Å². The van der Waals surface area contributed by atoms with Crippen molar-refractivity contribution in [3.63, 3.8) is 0 Å². The molecule has 32 heavy (non-hydrogen) atoms. The maximum atomic E-state index is 12.7. The smallest absolute Gasteiger partial charge is 0.346 e. The van der Waals surface area contributed by atoms with E-state index in [0.717, 1.165) is 21.6 Å². The van der Waals surface area contributed by atoms with Crippen molar-refractivity contribution in [3.05, 3.63) is 63.3 Å². The Morgan fingerprint density at radius 3 is 2.66 bits per heavy atom. The van der Waals surface area contributed by atoms with Crippen LogP contribution in [0.3, 0.4) is 0 Å². The van der Waals surface area contributed by atoms with Crippen molar-refractivity contribution in [1.29, 1.82) is 0 Å². The summed E-state index contributed by atoms with van der Waals surface area (Å²) in [7, 11) is 1.53. The number of aryl methyl sites for hydroxylation is 1. The molecule has 0 saturated heterocycles. The molecule has 1 atom stereocenters. The number of carbonyl (C=O) groups excluding carboxylic acids is 1. The average Bonchev–Trinajstić information content (AvgIpc) is 3.17. The van der Waals surface area contributed by atoms with Gasteiger partial charge in [0.2, 0.25) is 5.91 Å². The molecule has 1 aliphatic heterocycles. The number of carboxylic acids is 1. The number of aromatic carboxylic acids is 1. The Hall–Kier alpha value is -3.76. The van der Waals surface area contributed by atoms with E-state index in [4.69, 9.17) is 15.9 Å². The van der Waals surface area contributed by atoms with Crippen LogP contribution in [0.5, 0.6) is 11.5 Å². The van der Waals surface area contributed by atoms with Gasteiger partial charge in [0.15, 0.2) is 11.5 Å². The Bertz CT molecular complexity index is 1240. The number of ether oxygens (including phenoxy) is 2. The van der Waals surface area contributed by atoms with Crippen LogP contribution in [0, 0.1) is 19.3 Å². The number of hydrogen-bond acceptors (Lipinski definition) is 5. The first-order valence-electron chi connectivity index (χ1n) is 9.94. The van der Waals surface area contributed by atoms with Crippen LogP contribution < -0.4 is 14.8 Å². The normalized spacial score (nSPS) is 14.8. The van der Waals surface area contributed by atoms with E-state index in [0.29, 0.717) is 22.7 Å². The monoisotopic (exact) mass is 447 g/mol. The number of amides is 1. The van der Waals surface area contributed by atoms with Crippen LogP contribution in [-0.4, -0.2) is 30.7 Å². The van der Waals surface area contributed by atoms with Gasteiger partial charge < -0.3 is 19.9 Å². The number of thiophene rings is 1. The maximum Gasteiger partial charge on any atom is 0.346 e. The number of carboxylic acid groups (broad SMARTS) is 1. The Balaban J connectivity index is 1.85. The van der Waals surface area contributed by atoms with Crippen LogP contribution in [0.1, 0.15) is 38.0 Å². The molecule has 1 amide bonds. The quantitative estimate of drug-likeness (QED) is 0.524. The van der Waals surface area contributed by atoms with Crippen molar-refractivity contribution in [3.8, 4) is 35.0 Å². The van der Waals surface area contributed by atoms with Gasteiger partial charge in [0.25, 0.3) is 0 Å². The number of nitrogens with one attached hydrogen (secondary N) is 1. The molecule has 0 radical (unpaired) electrons. The van der Waals surface area contributed by atoms with E-state index >= 15 is 0 Å². The van der Waals surface area contributed by atoms with E-state index < -0.39 is 5.97 Å². The summed E-state index contributed by atoms with van der Waals surface area (Å²) in [4.78, 5) is 25.8. The summed E-state index contributed by atoms with van der Waals surface area (Å²) in [6.45, 7) is 2.08. The molecular weight excluding hydrogens is 426 g/mol. The predicted molar refractivity (Wildman–Crippen MR) is 124 cm³/mol. The molecule has 2 aromatic carbocycles. The predicted octanol–water partition coefficient (Wildman–Crippen LogP) is 4.92. The molecule has 4 rings (SSSR count). The fourth-order valence-corrected chi connectivity index (χ4v) is 5.09. The zero-order valence-electron chi connectivity index (χ0n) is 17.6. The first-order chi connectivity index (χ1) is 15.4. The van der Waals surface area contributed by atoms with Gasteiger partial charge in [0, 0.05) is 22.8 Å². The lowest BCUT2D eigenvalue weighted by Gasteiger charge is -2.24. The SMILES string of the molecule is C#CCOc1ccc([C@H]2CC(=O)Nc3c2sc(C(=O)O)c3-c2ccc(C)cc2)cc1OC. The van der Waals surface area contributed by atoms with Crippen molar-refractivity contribution >= 4 is 28.9 Å². The lowest BCUT2D eigenvalue weighted by atomic mass is 9.88. The third-order valence-electron chi connectivity index (χ3n) is 5.34. The number of terminal acetylenes is 1. The second-order valence-corrected chi connectivity index (χ2v) is 8.48. The Morgan fingerprint density at radius 1 is 1.25 bits per heavy atom. The molecule has 0 saturated carbocycles. The summed E-state index contributed by atoms with van der Waals surface area (Å²) >= 11 is 1.19. The minimum Gasteiger partial charge on any atom is -0.493 e. The highest BCUT2D eigenvalue weighted by atomic mass is 32.1. The van der Waals surface area contributed by atoms with Gasteiger partial charge in [-0.25, -0.2) is 4.79 Å². The lowest BCUT2D eigenvalue weighted by Crippen LogP contribution is -2.22. The van der Waals surface area contributed by atoms with Gasteiger partial charge in [0.05, 0.1) is 12.8 Å². The lowest BCUT2D eigenvalue weighted by molar-refractivity contribution is -0.116. The average molecular weight is 448 g/mol.